The second kappa shape index (κ2) is 7.58. The van der Waals surface area contributed by atoms with E-state index in [1.165, 1.54) is 4.90 Å². The number of aromatic nitrogens is 1. The van der Waals surface area contributed by atoms with E-state index < -0.39 is 5.91 Å². The third kappa shape index (κ3) is 4.18. The van der Waals surface area contributed by atoms with Crippen LogP contribution in [0.15, 0.2) is 30.3 Å². The molecule has 0 saturated heterocycles. The number of carbonyl (C=O) groups is 2. The number of amides is 2. The van der Waals surface area contributed by atoms with Crippen LogP contribution in [0.3, 0.4) is 0 Å². The van der Waals surface area contributed by atoms with Crippen LogP contribution in [0.25, 0.3) is 10.9 Å². The highest BCUT2D eigenvalue weighted by molar-refractivity contribution is 5.96. The van der Waals surface area contributed by atoms with Gasteiger partial charge in [-0.3, -0.25) is 9.59 Å². The Hall–Kier alpha value is -2.63. The number of hydrogen-bond acceptors (Lipinski definition) is 4. The van der Waals surface area contributed by atoms with E-state index in [2.05, 4.69) is 4.98 Å². The molecule has 122 valence electrons. The van der Waals surface area contributed by atoms with Gasteiger partial charge in [-0.15, -0.1) is 0 Å². The summed E-state index contributed by atoms with van der Waals surface area (Å²) < 4.78 is 5.17. The van der Waals surface area contributed by atoms with Gasteiger partial charge in [-0.2, -0.15) is 0 Å². The maximum Gasteiger partial charge on any atom is 0.272 e. The van der Waals surface area contributed by atoms with E-state index in [9.17, 15) is 9.59 Å². The van der Waals surface area contributed by atoms with Crippen molar-refractivity contribution in [3.8, 4) is 5.75 Å². The largest absolute Gasteiger partial charge is 0.497 e. The van der Waals surface area contributed by atoms with Gasteiger partial charge in [0.2, 0.25) is 5.91 Å². The predicted octanol–water partition coefficient (Wildman–Crippen LogP) is 1.97. The summed E-state index contributed by atoms with van der Waals surface area (Å²) in [7, 11) is 1.60. The van der Waals surface area contributed by atoms with Gasteiger partial charge in [0.25, 0.3) is 5.91 Å². The molecular weight excluding hydrogens is 294 g/mol. The molecule has 23 heavy (non-hydrogen) atoms. The number of hydrogen-bond donors (Lipinski definition) is 1. The minimum Gasteiger partial charge on any atom is -0.497 e. The van der Waals surface area contributed by atoms with Crippen LogP contribution >= 0.6 is 0 Å². The maximum atomic E-state index is 12.6. The summed E-state index contributed by atoms with van der Waals surface area (Å²) in [5.41, 5.74) is 6.24. The SMILES string of the molecule is CCCCN(CC(N)=O)C(=O)c1ccc2cc(OC)ccc2n1. The van der Waals surface area contributed by atoms with Gasteiger partial charge >= 0.3 is 0 Å². The predicted molar refractivity (Wildman–Crippen MR) is 88.3 cm³/mol. The van der Waals surface area contributed by atoms with E-state index in [1.54, 1.807) is 25.3 Å². The molecule has 1 aromatic carbocycles. The minimum atomic E-state index is -0.528. The number of nitrogens with two attached hydrogens (primary N) is 1. The highest BCUT2D eigenvalue weighted by Crippen LogP contribution is 2.20. The highest BCUT2D eigenvalue weighted by Gasteiger charge is 2.18. The molecule has 1 heterocycles. The van der Waals surface area contributed by atoms with Gasteiger partial charge in [-0.25, -0.2) is 4.98 Å². The summed E-state index contributed by atoms with van der Waals surface area (Å²) in [5.74, 6) is -0.0772. The molecule has 2 aromatic rings. The lowest BCUT2D eigenvalue weighted by Crippen LogP contribution is -2.39. The molecule has 0 fully saturated rings. The number of nitrogens with zero attached hydrogens (tertiary/aromatic N) is 2. The van der Waals surface area contributed by atoms with E-state index in [0.717, 1.165) is 24.0 Å². The normalized spacial score (nSPS) is 10.5. The van der Waals surface area contributed by atoms with Crippen molar-refractivity contribution in [1.82, 2.24) is 9.88 Å². The van der Waals surface area contributed by atoms with Crippen LogP contribution in [-0.2, 0) is 4.79 Å². The smallest absolute Gasteiger partial charge is 0.272 e. The molecule has 0 aliphatic carbocycles. The Bertz CT molecular complexity index is 715. The number of primary amides is 1. The zero-order valence-electron chi connectivity index (χ0n) is 13.4. The fourth-order valence-corrected chi connectivity index (χ4v) is 2.30. The lowest BCUT2D eigenvalue weighted by molar-refractivity contribution is -0.118. The van der Waals surface area contributed by atoms with Crippen molar-refractivity contribution in [2.45, 2.75) is 19.8 Å². The first-order chi connectivity index (χ1) is 11.0. The number of benzene rings is 1. The third-order valence-corrected chi connectivity index (χ3v) is 3.53. The Balaban J connectivity index is 2.28. The van der Waals surface area contributed by atoms with Crippen LogP contribution in [0.4, 0.5) is 0 Å². The first-order valence-electron chi connectivity index (χ1n) is 7.57. The van der Waals surface area contributed by atoms with Crippen LogP contribution in [0.2, 0.25) is 0 Å². The monoisotopic (exact) mass is 315 g/mol. The Kier molecular flexibility index (Phi) is 5.51. The average Bonchev–Trinajstić information content (AvgIpc) is 2.56. The van der Waals surface area contributed by atoms with Crippen LogP contribution in [0, 0.1) is 0 Å². The minimum absolute atomic E-state index is 0.0961. The molecule has 0 atom stereocenters. The van der Waals surface area contributed by atoms with Crippen molar-refractivity contribution < 1.29 is 14.3 Å². The molecule has 2 rings (SSSR count). The Labute approximate surface area is 135 Å². The zero-order valence-corrected chi connectivity index (χ0v) is 13.4. The summed E-state index contributed by atoms with van der Waals surface area (Å²) in [4.78, 5) is 29.6. The third-order valence-electron chi connectivity index (χ3n) is 3.53. The standard InChI is InChI=1S/C17H21N3O3/c1-3-4-9-20(11-16(18)21)17(22)15-7-5-12-10-13(23-2)6-8-14(12)19-15/h5-8,10H,3-4,9,11H2,1-2H3,(H2,18,21). The summed E-state index contributed by atoms with van der Waals surface area (Å²) in [5, 5.41) is 0.885. The molecule has 1 aromatic heterocycles. The molecule has 6 heteroatoms. The van der Waals surface area contributed by atoms with Crippen LogP contribution in [0.5, 0.6) is 5.75 Å². The summed E-state index contributed by atoms with van der Waals surface area (Å²) >= 11 is 0. The molecular formula is C17H21N3O3. The molecule has 2 amide bonds. The molecule has 0 radical (unpaired) electrons. The lowest BCUT2D eigenvalue weighted by Gasteiger charge is -2.20. The fourth-order valence-electron chi connectivity index (χ4n) is 2.30. The molecule has 0 saturated carbocycles. The topological polar surface area (TPSA) is 85.5 Å². The van der Waals surface area contributed by atoms with Crippen molar-refractivity contribution in [3.63, 3.8) is 0 Å². The summed E-state index contributed by atoms with van der Waals surface area (Å²) in [6, 6.07) is 8.93. The average molecular weight is 315 g/mol. The van der Waals surface area contributed by atoms with Crippen molar-refractivity contribution in [2.75, 3.05) is 20.2 Å². The molecule has 6 nitrogen and oxygen atoms in total. The number of unbranched alkanes of at least 4 members (excludes halogenated alkanes) is 1. The molecule has 0 bridgehead atoms. The van der Waals surface area contributed by atoms with Gasteiger partial charge in [-0.1, -0.05) is 19.4 Å². The summed E-state index contributed by atoms with van der Waals surface area (Å²) in [6.07, 6.45) is 1.73. The quantitative estimate of drug-likeness (QED) is 0.846. The van der Waals surface area contributed by atoms with E-state index in [0.29, 0.717) is 17.8 Å². The highest BCUT2D eigenvalue weighted by atomic mass is 16.5. The van der Waals surface area contributed by atoms with Gasteiger partial charge in [0.15, 0.2) is 0 Å². The number of ether oxygens (including phenoxy) is 1. The fraction of sp³-hybridized carbons (Fsp3) is 0.353. The van der Waals surface area contributed by atoms with Gasteiger partial charge < -0.3 is 15.4 Å². The number of methoxy groups -OCH3 is 1. The van der Waals surface area contributed by atoms with Crippen molar-refractivity contribution in [2.24, 2.45) is 5.73 Å². The van der Waals surface area contributed by atoms with E-state index in [1.807, 2.05) is 19.1 Å². The second-order valence-corrected chi connectivity index (χ2v) is 5.30. The van der Waals surface area contributed by atoms with Gasteiger partial charge in [0.05, 0.1) is 19.2 Å². The first kappa shape index (κ1) is 16.7. The van der Waals surface area contributed by atoms with E-state index in [4.69, 9.17) is 10.5 Å². The number of fused-ring (bicyclic) bond motifs is 1. The molecule has 2 N–H and O–H groups in total. The van der Waals surface area contributed by atoms with Crippen LogP contribution < -0.4 is 10.5 Å². The Morgan fingerprint density at radius 1 is 1.26 bits per heavy atom. The van der Waals surface area contributed by atoms with Gasteiger partial charge in [-0.05, 0) is 30.7 Å². The molecule has 0 spiro atoms. The first-order valence-corrected chi connectivity index (χ1v) is 7.57. The van der Waals surface area contributed by atoms with Crippen LogP contribution in [0.1, 0.15) is 30.3 Å². The van der Waals surface area contributed by atoms with Gasteiger partial charge in [0.1, 0.15) is 11.4 Å². The molecule has 0 aliphatic heterocycles. The number of carbonyl (C=O) groups excluding carboxylic acids is 2. The maximum absolute atomic E-state index is 12.6. The van der Waals surface area contributed by atoms with Crippen molar-refractivity contribution in [3.05, 3.63) is 36.0 Å². The zero-order chi connectivity index (χ0) is 16.8. The number of pyridine rings is 1. The van der Waals surface area contributed by atoms with E-state index >= 15 is 0 Å². The van der Waals surface area contributed by atoms with Crippen LogP contribution in [-0.4, -0.2) is 41.9 Å². The number of rotatable bonds is 7. The lowest BCUT2D eigenvalue weighted by atomic mass is 10.2. The summed E-state index contributed by atoms with van der Waals surface area (Å²) in [6.45, 7) is 2.41. The Morgan fingerprint density at radius 3 is 2.70 bits per heavy atom. The van der Waals surface area contributed by atoms with Gasteiger partial charge in [0, 0.05) is 11.9 Å². The molecule has 0 unspecified atom stereocenters. The van der Waals surface area contributed by atoms with E-state index in [-0.39, 0.29) is 12.5 Å². The van der Waals surface area contributed by atoms with Crippen molar-refractivity contribution >= 4 is 22.7 Å². The Morgan fingerprint density at radius 2 is 2.04 bits per heavy atom. The second-order valence-electron chi connectivity index (χ2n) is 5.30. The molecule has 0 aliphatic rings. The van der Waals surface area contributed by atoms with Crippen molar-refractivity contribution in [1.29, 1.82) is 0 Å².